The van der Waals surface area contributed by atoms with E-state index in [9.17, 15) is 18.0 Å². The van der Waals surface area contributed by atoms with Crippen LogP contribution in [0.25, 0.3) is 0 Å². The fourth-order valence-corrected chi connectivity index (χ4v) is 4.20. The Kier molecular flexibility index (Phi) is 6.95. The molecule has 0 spiro atoms. The van der Waals surface area contributed by atoms with Crippen molar-refractivity contribution in [3.8, 4) is 0 Å². The Bertz CT molecular complexity index is 1240. The lowest BCUT2D eigenvalue weighted by Crippen LogP contribution is -2.31. The molecule has 0 bridgehead atoms. The highest BCUT2D eigenvalue weighted by molar-refractivity contribution is 7.92. The van der Waals surface area contributed by atoms with E-state index in [1.807, 2.05) is 13.8 Å². The van der Waals surface area contributed by atoms with Gasteiger partial charge >= 0.3 is 0 Å². The number of nitrogens with one attached hydrogen (secondary N) is 3. The first-order chi connectivity index (χ1) is 15.2. The van der Waals surface area contributed by atoms with Crippen molar-refractivity contribution in [2.45, 2.75) is 31.7 Å². The third kappa shape index (κ3) is 5.53. The van der Waals surface area contributed by atoms with Gasteiger partial charge in [0.2, 0.25) is 0 Å². The van der Waals surface area contributed by atoms with Gasteiger partial charge in [-0.15, -0.1) is 0 Å². The van der Waals surface area contributed by atoms with Crippen LogP contribution in [-0.2, 0) is 10.0 Å². The summed E-state index contributed by atoms with van der Waals surface area (Å²) in [5.74, 6) is -0.687. The summed E-state index contributed by atoms with van der Waals surface area (Å²) in [6.45, 7) is 5.43. The Hall–Kier alpha value is -3.65. The molecule has 0 aliphatic carbocycles. The lowest BCUT2D eigenvalue weighted by atomic mass is 10.1. The van der Waals surface area contributed by atoms with Crippen molar-refractivity contribution >= 4 is 33.2 Å². The maximum Gasteiger partial charge on any atom is 0.261 e. The monoisotopic (exact) mass is 451 g/mol. The summed E-state index contributed by atoms with van der Waals surface area (Å²) in [4.78, 5) is 25.4. The van der Waals surface area contributed by atoms with Crippen LogP contribution in [0.1, 0.15) is 40.1 Å². The maximum absolute atomic E-state index is 12.8. The minimum Gasteiger partial charge on any atom is -0.350 e. The van der Waals surface area contributed by atoms with Crippen LogP contribution in [-0.4, -0.2) is 26.3 Å². The van der Waals surface area contributed by atoms with E-state index in [2.05, 4.69) is 15.4 Å². The minimum absolute atomic E-state index is 0.0406. The van der Waals surface area contributed by atoms with Crippen LogP contribution in [0.5, 0.6) is 0 Å². The number of amides is 2. The highest BCUT2D eigenvalue weighted by atomic mass is 32.2. The van der Waals surface area contributed by atoms with E-state index in [-0.39, 0.29) is 16.8 Å². The molecular formula is C24H25N3O4S. The number of hydrogen-bond donors (Lipinski definition) is 3. The molecule has 0 radical (unpaired) electrons. The van der Waals surface area contributed by atoms with E-state index in [0.29, 0.717) is 28.1 Å². The summed E-state index contributed by atoms with van der Waals surface area (Å²) in [6.07, 6.45) is 0. The van der Waals surface area contributed by atoms with Gasteiger partial charge in [-0.3, -0.25) is 14.3 Å². The Morgan fingerprint density at radius 1 is 0.812 bits per heavy atom. The molecule has 0 heterocycles. The molecule has 0 aliphatic rings. The predicted octanol–water partition coefficient (Wildman–Crippen LogP) is 4.19. The third-order valence-electron chi connectivity index (χ3n) is 4.63. The first-order valence-corrected chi connectivity index (χ1v) is 11.6. The largest absolute Gasteiger partial charge is 0.350 e. The molecule has 3 N–H and O–H groups in total. The van der Waals surface area contributed by atoms with E-state index in [0.717, 1.165) is 0 Å². The average Bonchev–Trinajstić information content (AvgIpc) is 2.75. The molecule has 3 rings (SSSR count). The lowest BCUT2D eigenvalue weighted by molar-refractivity contribution is 0.0944. The summed E-state index contributed by atoms with van der Waals surface area (Å²) >= 11 is 0. The van der Waals surface area contributed by atoms with Crippen LogP contribution in [0.3, 0.4) is 0 Å². The molecule has 0 aromatic heterocycles. The van der Waals surface area contributed by atoms with Gasteiger partial charge in [0.15, 0.2) is 0 Å². The zero-order valence-corrected chi connectivity index (χ0v) is 18.9. The highest BCUT2D eigenvalue weighted by Gasteiger charge is 2.17. The van der Waals surface area contributed by atoms with Gasteiger partial charge in [0.25, 0.3) is 21.8 Å². The second-order valence-electron chi connectivity index (χ2n) is 7.58. The van der Waals surface area contributed by atoms with Crippen molar-refractivity contribution in [1.82, 2.24) is 5.32 Å². The van der Waals surface area contributed by atoms with Crippen molar-refractivity contribution in [2.75, 3.05) is 10.0 Å². The molecule has 0 unspecified atom stereocenters. The molecule has 166 valence electrons. The smallest absolute Gasteiger partial charge is 0.261 e. The Morgan fingerprint density at radius 3 is 2.12 bits per heavy atom. The van der Waals surface area contributed by atoms with E-state index in [4.69, 9.17) is 0 Å². The number of carbonyl (C=O) groups excluding carboxylic acids is 2. The number of hydrogen-bond acceptors (Lipinski definition) is 4. The van der Waals surface area contributed by atoms with Gasteiger partial charge in [-0.25, -0.2) is 8.42 Å². The summed E-state index contributed by atoms with van der Waals surface area (Å²) < 4.78 is 27.7. The third-order valence-corrected chi connectivity index (χ3v) is 6.01. The molecule has 0 fully saturated rings. The normalized spacial score (nSPS) is 11.1. The summed E-state index contributed by atoms with van der Waals surface area (Å²) in [5, 5.41) is 5.57. The number of aryl methyl sites for hydroxylation is 1. The zero-order valence-electron chi connectivity index (χ0n) is 18.0. The number of rotatable bonds is 7. The van der Waals surface area contributed by atoms with Crippen LogP contribution in [0.4, 0.5) is 11.4 Å². The highest BCUT2D eigenvalue weighted by Crippen LogP contribution is 2.22. The average molecular weight is 452 g/mol. The number of sulfonamides is 1. The zero-order chi connectivity index (χ0) is 23.3. The van der Waals surface area contributed by atoms with Gasteiger partial charge < -0.3 is 10.6 Å². The van der Waals surface area contributed by atoms with Crippen molar-refractivity contribution < 1.29 is 18.0 Å². The molecule has 0 aliphatic heterocycles. The topological polar surface area (TPSA) is 104 Å². The van der Waals surface area contributed by atoms with Gasteiger partial charge in [-0.1, -0.05) is 30.3 Å². The van der Waals surface area contributed by atoms with Crippen LogP contribution < -0.4 is 15.4 Å². The van der Waals surface area contributed by atoms with Crippen molar-refractivity contribution in [1.29, 1.82) is 0 Å². The first kappa shape index (κ1) is 23.0. The van der Waals surface area contributed by atoms with Crippen molar-refractivity contribution in [3.63, 3.8) is 0 Å². The summed E-state index contributed by atoms with van der Waals surface area (Å²) in [6, 6.07) is 19.4. The molecule has 3 aromatic carbocycles. The molecule has 0 saturated heterocycles. The van der Waals surface area contributed by atoms with E-state index in [1.165, 1.54) is 18.2 Å². The standard InChI is InChI=1S/C24H25N3O4S/c1-16(2)25-24(29)20-11-7-8-12-22(20)26-23(28)18-13-14-21(17(3)15-18)27-32(30,31)19-9-5-4-6-10-19/h4-16,27H,1-3H3,(H,25,29)(H,26,28). The number of anilines is 2. The maximum atomic E-state index is 12.8. The van der Waals surface area contributed by atoms with Crippen molar-refractivity contribution in [3.05, 3.63) is 89.5 Å². The first-order valence-electron chi connectivity index (χ1n) is 10.1. The van der Waals surface area contributed by atoms with Crippen LogP contribution in [0.15, 0.2) is 77.7 Å². The number of benzene rings is 3. The molecule has 2 amide bonds. The predicted molar refractivity (Wildman–Crippen MR) is 125 cm³/mol. The SMILES string of the molecule is Cc1cc(C(=O)Nc2ccccc2C(=O)NC(C)C)ccc1NS(=O)(=O)c1ccccc1. The van der Waals surface area contributed by atoms with Gasteiger partial charge in [0.1, 0.15) is 0 Å². The van der Waals surface area contributed by atoms with Gasteiger partial charge in [-0.2, -0.15) is 0 Å². The van der Waals surface area contributed by atoms with E-state index >= 15 is 0 Å². The summed E-state index contributed by atoms with van der Waals surface area (Å²) in [7, 11) is -3.74. The Labute approximate surface area is 187 Å². The quantitative estimate of drug-likeness (QED) is 0.501. The van der Waals surface area contributed by atoms with E-state index < -0.39 is 15.9 Å². The Morgan fingerprint density at radius 2 is 1.47 bits per heavy atom. The second kappa shape index (κ2) is 9.65. The van der Waals surface area contributed by atoms with Crippen LogP contribution >= 0.6 is 0 Å². The fraction of sp³-hybridized carbons (Fsp3) is 0.167. The minimum atomic E-state index is -3.74. The lowest BCUT2D eigenvalue weighted by Gasteiger charge is -2.14. The number of carbonyl (C=O) groups is 2. The number of para-hydroxylation sites is 1. The molecule has 8 heteroatoms. The van der Waals surface area contributed by atoms with Gasteiger partial charge in [-0.05, 0) is 68.8 Å². The van der Waals surface area contributed by atoms with Crippen molar-refractivity contribution in [2.24, 2.45) is 0 Å². The van der Waals surface area contributed by atoms with Gasteiger partial charge in [0.05, 0.1) is 21.8 Å². The van der Waals surface area contributed by atoms with E-state index in [1.54, 1.807) is 61.5 Å². The van der Waals surface area contributed by atoms with Gasteiger partial charge in [0, 0.05) is 11.6 Å². The Balaban J connectivity index is 1.79. The molecule has 0 atom stereocenters. The van der Waals surface area contributed by atoms with Crippen LogP contribution in [0, 0.1) is 6.92 Å². The molecule has 0 saturated carbocycles. The fourth-order valence-electron chi connectivity index (χ4n) is 3.05. The summed E-state index contributed by atoms with van der Waals surface area (Å²) in [5.41, 5.74) is 2.05. The molecule has 7 nitrogen and oxygen atoms in total. The molecule has 3 aromatic rings. The molecule has 32 heavy (non-hydrogen) atoms. The van der Waals surface area contributed by atoms with Crippen LogP contribution in [0.2, 0.25) is 0 Å². The second-order valence-corrected chi connectivity index (χ2v) is 9.26. The molecular weight excluding hydrogens is 426 g/mol.